The Morgan fingerprint density at radius 2 is 1.76 bits per heavy atom. The van der Waals surface area contributed by atoms with E-state index in [4.69, 9.17) is 5.73 Å². The van der Waals surface area contributed by atoms with Gasteiger partial charge in [0.25, 0.3) is 0 Å². The van der Waals surface area contributed by atoms with Crippen molar-refractivity contribution < 1.29 is 4.39 Å². The number of hydrogen-bond acceptors (Lipinski definition) is 1. The summed E-state index contributed by atoms with van der Waals surface area (Å²) in [5.41, 5.74) is 7.32. The fraction of sp³-hybridized carbons (Fsp3) is 0.571. The van der Waals surface area contributed by atoms with Crippen LogP contribution in [0.5, 0.6) is 0 Å². The highest BCUT2D eigenvalue weighted by Crippen LogP contribution is 2.29. The molecule has 0 amide bonds. The third-order valence-electron chi connectivity index (χ3n) is 3.58. The van der Waals surface area contributed by atoms with Crippen molar-refractivity contribution in [2.24, 2.45) is 5.73 Å². The molecule has 0 spiro atoms. The summed E-state index contributed by atoms with van der Waals surface area (Å²) in [6, 6.07) is 5.06. The molecule has 1 fully saturated rings. The van der Waals surface area contributed by atoms with Crippen LogP contribution in [0.25, 0.3) is 0 Å². The van der Waals surface area contributed by atoms with Crippen LogP contribution in [0.1, 0.15) is 44.1 Å². The highest BCUT2D eigenvalue weighted by Gasteiger charge is 2.26. The van der Waals surface area contributed by atoms with Gasteiger partial charge in [0.1, 0.15) is 5.82 Å². The number of hydrogen-bond donors (Lipinski definition) is 1. The number of rotatable bonds is 2. The molecule has 0 aliphatic heterocycles. The maximum absolute atomic E-state index is 13.3. The van der Waals surface area contributed by atoms with Crippen molar-refractivity contribution in [2.45, 2.75) is 50.5 Å². The van der Waals surface area contributed by atoms with Crippen molar-refractivity contribution in [3.8, 4) is 0 Å². The second-order valence-electron chi connectivity index (χ2n) is 5.23. The van der Waals surface area contributed by atoms with Crippen molar-refractivity contribution in [3.63, 3.8) is 0 Å². The second-order valence-corrected chi connectivity index (χ2v) is 6.15. The highest BCUT2D eigenvalue weighted by molar-refractivity contribution is 9.10. The molecule has 0 radical (unpaired) electrons. The molecule has 1 aromatic rings. The Morgan fingerprint density at radius 1 is 1.12 bits per heavy atom. The van der Waals surface area contributed by atoms with Gasteiger partial charge in [-0.3, -0.25) is 0 Å². The van der Waals surface area contributed by atoms with Crippen LogP contribution in [0.3, 0.4) is 0 Å². The van der Waals surface area contributed by atoms with Crippen LogP contribution in [-0.4, -0.2) is 5.54 Å². The predicted octanol–water partition coefficient (Wildman–Crippen LogP) is 4.18. The van der Waals surface area contributed by atoms with Gasteiger partial charge in [-0.25, -0.2) is 4.39 Å². The fourth-order valence-electron chi connectivity index (χ4n) is 2.73. The van der Waals surface area contributed by atoms with E-state index in [-0.39, 0.29) is 11.4 Å². The summed E-state index contributed by atoms with van der Waals surface area (Å²) in [7, 11) is 0. The van der Waals surface area contributed by atoms with E-state index in [1.807, 2.05) is 6.07 Å². The molecule has 1 nitrogen and oxygen atoms in total. The maximum atomic E-state index is 13.3. The number of nitrogens with two attached hydrogens (primary N) is 1. The number of halogens is 2. The average Bonchev–Trinajstić information content (AvgIpc) is 2.41. The van der Waals surface area contributed by atoms with Crippen LogP contribution < -0.4 is 5.73 Å². The summed E-state index contributed by atoms with van der Waals surface area (Å²) in [5, 5.41) is 0. The van der Waals surface area contributed by atoms with Crippen LogP contribution >= 0.6 is 15.9 Å². The van der Waals surface area contributed by atoms with E-state index in [9.17, 15) is 4.39 Å². The standard InChI is InChI=1S/C14H19BrFN/c15-12-7-11(8-13(16)9-12)10-14(17)5-3-1-2-4-6-14/h7-9H,1-6,10,17H2. The molecule has 2 N–H and O–H groups in total. The SMILES string of the molecule is NC1(Cc2cc(F)cc(Br)c2)CCCCCC1. The lowest BCUT2D eigenvalue weighted by molar-refractivity contribution is 0.368. The van der Waals surface area contributed by atoms with Crippen LogP contribution in [0.15, 0.2) is 22.7 Å². The van der Waals surface area contributed by atoms with Gasteiger partial charge in [0, 0.05) is 10.0 Å². The minimum atomic E-state index is -0.188. The molecule has 0 bridgehead atoms. The highest BCUT2D eigenvalue weighted by atomic mass is 79.9. The number of benzene rings is 1. The zero-order valence-corrected chi connectivity index (χ0v) is 11.6. The molecule has 94 valence electrons. The molecular weight excluding hydrogens is 281 g/mol. The average molecular weight is 300 g/mol. The lowest BCUT2D eigenvalue weighted by Gasteiger charge is -2.28. The zero-order valence-electron chi connectivity index (χ0n) is 10.0. The van der Waals surface area contributed by atoms with E-state index >= 15 is 0 Å². The summed E-state index contributed by atoms with van der Waals surface area (Å²) in [6.07, 6.45) is 7.86. The van der Waals surface area contributed by atoms with Gasteiger partial charge in [-0.2, -0.15) is 0 Å². The van der Waals surface area contributed by atoms with Crippen molar-refractivity contribution >= 4 is 15.9 Å². The van der Waals surface area contributed by atoms with E-state index in [1.54, 1.807) is 6.07 Å². The van der Waals surface area contributed by atoms with Gasteiger partial charge in [0.2, 0.25) is 0 Å². The third kappa shape index (κ3) is 3.78. The molecular formula is C14H19BrFN. The smallest absolute Gasteiger partial charge is 0.124 e. The van der Waals surface area contributed by atoms with E-state index in [1.165, 1.54) is 31.7 Å². The van der Waals surface area contributed by atoms with Gasteiger partial charge in [-0.15, -0.1) is 0 Å². The molecule has 0 unspecified atom stereocenters. The Kier molecular flexibility index (Phi) is 4.21. The molecule has 0 aromatic heterocycles. The summed E-state index contributed by atoms with van der Waals surface area (Å²) in [6.45, 7) is 0. The molecule has 0 heterocycles. The van der Waals surface area contributed by atoms with Gasteiger partial charge in [-0.1, -0.05) is 41.6 Å². The first-order chi connectivity index (χ1) is 8.07. The summed E-state index contributed by atoms with van der Waals surface area (Å²) >= 11 is 3.33. The molecule has 3 heteroatoms. The largest absolute Gasteiger partial charge is 0.325 e. The molecule has 2 rings (SSSR count). The Hall–Kier alpha value is -0.410. The van der Waals surface area contributed by atoms with Crippen molar-refractivity contribution in [1.82, 2.24) is 0 Å². The van der Waals surface area contributed by atoms with Crippen LogP contribution in [0.4, 0.5) is 4.39 Å². The van der Waals surface area contributed by atoms with Gasteiger partial charge in [0.15, 0.2) is 0 Å². The molecule has 1 aromatic carbocycles. The minimum absolute atomic E-state index is 0.135. The quantitative estimate of drug-likeness (QED) is 0.815. The van der Waals surface area contributed by atoms with Gasteiger partial charge in [0.05, 0.1) is 0 Å². The fourth-order valence-corrected chi connectivity index (χ4v) is 3.24. The lowest BCUT2D eigenvalue weighted by atomic mass is 9.85. The second kappa shape index (κ2) is 5.49. The monoisotopic (exact) mass is 299 g/mol. The van der Waals surface area contributed by atoms with E-state index in [2.05, 4.69) is 15.9 Å². The first-order valence-electron chi connectivity index (χ1n) is 6.31. The maximum Gasteiger partial charge on any atom is 0.124 e. The molecule has 17 heavy (non-hydrogen) atoms. The first kappa shape index (κ1) is 13.0. The zero-order chi connectivity index (χ0) is 12.3. The van der Waals surface area contributed by atoms with E-state index < -0.39 is 0 Å². The Balaban J connectivity index is 2.12. The molecule has 1 aliphatic rings. The van der Waals surface area contributed by atoms with E-state index in [0.717, 1.165) is 29.3 Å². The Morgan fingerprint density at radius 3 is 2.35 bits per heavy atom. The molecule has 1 saturated carbocycles. The van der Waals surface area contributed by atoms with Crippen LogP contribution in [0.2, 0.25) is 0 Å². The van der Waals surface area contributed by atoms with Crippen molar-refractivity contribution in [2.75, 3.05) is 0 Å². The summed E-state index contributed by atoms with van der Waals surface area (Å²) in [4.78, 5) is 0. The van der Waals surface area contributed by atoms with Crippen LogP contribution in [-0.2, 0) is 6.42 Å². The van der Waals surface area contributed by atoms with Crippen LogP contribution in [0, 0.1) is 5.82 Å². The molecule has 0 saturated heterocycles. The molecule has 1 aliphatic carbocycles. The summed E-state index contributed by atoms with van der Waals surface area (Å²) < 4.78 is 14.1. The first-order valence-corrected chi connectivity index (χ1v) is 7.11. The lowest BCUT2D eigenvalue weighted by Crippen LogP contribution is -2.41. The topological polar surface area (TPSA) is 26.0 Å². The summed E-state index contributed by atoms with van der Waals surface area (Å²) in [5.74, 6) is -0.188. The molecule has 0 atom stereocenters. The van der Waals surface area contributed by atoms with E-state index in [0.29, 0.717) is 0 Å². The minimum Gasteiger partial charge on any atom is -0.325 e. The normalized spacial score (nSPS) is 19.9. The van der Waals surface area contributed by atoms with Gasteiger partial charge < -0.3 is 5.73 Å². The Bertz CT molecular complexity index is 364. The van der Waals surface area contributed by atoms with Gasteiger partial charge >= 0.3 is 0 Å². The van der Waals surface area contributed by atoms with Gasteiger partial charge in [-0.05, 0) is 43.0 Å². The predicted molar refractivity (Wildman–Crippen MR) is 72.4 cm³/mol. The Labute approximate surface area is 111 Å². The third-order valence-corrected chi connectivity index (χ3v) is 4.04. The van der Waals surface area contributed by atoms with Crippen molar-refractivity contribution in [1.29, 1.82) is 0 Å². The van der Waals surface area contributed by atoms with Crippen molar-refractivity contribution in [3.05, 3.63) is 34.1 Å².